The Morgan fingerprint density at radius 3 is 2.27 bits per heavy atom. The fourth-order valence-electron chi connectivity index (χ4n) is 2.00. The molecule has 7 nitrogen and oxygen atoms in total. The van der Waals surface area contributed by atoms with Gasteiger partial charge < -0.3 is 4.74 Å². The van der Waals surface area contributed by atoms with Crippen molar-refractivity contribution in [2.45, 2.75) is 18.7 Å². The van der Waals surface area contributed by atoms with Crippen LogP contribution < -0.4 is 4.72 Å². The summed E-state index contributed by atoms with van der Waals surface area (Å²) < 4.78 is 33.5. The molecule has 0 spiro atoms. The lowest BCUT2D eigenvalue weighted by Gasteiger charge is -2.09. The molecule has 0 bridgehead atoms. The van der Waals surface area contributed by atoms with E-state index in [2.05, 4.69) is 14.6 Å². The first-order chi connectivity index (χ1) is 10.3. The zero-order chi connectivity index (χ0) is 16.5. The van der Waals surface area contributed by atoms with Crippen molar-refractivity contribution in [3.05, 3.63) is 41.2 Å². The van der Waals surface area contributed by atoms with E-state index in [0.717, 1.165) is 0 Å². The zero-order valence-corrected chi connectivity index (χ0v) is 13.6. The predicted molar refractivity (Wildman–Crippen MR) is 81.3 cm³/mol. The van der Waals surface area contributed by atoms with Gasteiger partial charge in [0.2, 0.25) is 0 Å². The third-order valence-corrected chi connectivity index (χ3v) is 4.70. The van der Waals surface area contributed by atoms with Gasteiger partial charge in [-0.05, 0) is 38.1 Å². The number of esters is 1. The molecule has 0 amide bonds. The molecule has 1 aromatic heterocycles. The second-order valence-electron chi connectivity index (χ2n) is 4.79. The van der Waals surface area contributed by atoms with Crippen LogP contribution in [-0.4, -0.2) is 31.3 Å². The molecule has 0 aliphatic carbocycles. The maximum Gasteiger partial charge on any atom is 0.337 e. The first kappa shape index (κ1) is 16.0. The number of carbonyl (C=O) groups is 1. The van der Waals surface area contributed by atoms with Crippen LogP contribution >= 0.6 is 0 Å². The number of rotatable bonds is 4. The molecule has 0 saturated carbocycles. The Labute approximate surface area is 129 Å². The highest BCUT2D eigenvalue weighted by Crippen LogP contribution is 2.22. The van der Waals surface area contributed by atoms with Crippen LogP contribution in [0.4, 0.5) is 5.69 Å². The molecular formula is C14H17N3O4S. The van der Waals surface area contributed by atoms with Gasteiger partial charge in [0.05, 0.1) is 34.6 Å². The van der Waals surface area contributed by atoms with E-state index in [9.17, 15) is 13.2 Å². The number of nitrogens with one attached hydrogen (secondary N) is 1. The van der Waals surface area contributed by atoms with Crippen molar-refractivity contribution in [1.29, 1.82) is 0 Å². The Balaban J connectivity index is 2.33. The van der Waals surface area contributed by atoms with Gasteiger partial charge in [-0.25, -0.2) is 13.2 Å². The summed E-state index contributed by atoms with van der Waals surface area (Å²) in [5.74, 6) is -0.518. The van der Waals surface area contributed by atoms with E-state index >= 15 is 0 Å². The third-order valence-electron chi connectivity index (χ3n) is 3.33. The zero-order valence-electron chi connectivity index (χ0n) is 12.7. The minimum atomic E-state index is -3.75. The van der Waals surface area contributed by atoms with Gasteiger partial charge in [-0.1, -0.05) is 0 Å². The van der Waals surface area contributed by atoms with E-state index in [1.807, 2.05) is 0 Å². The molecule has 0 saturated heterocycles. The van der Waals surface area contributed by atoms with Crippen LogP contribution in [0, 0.1) is 13.8 Å². The fourth-order valence-corrected chi connectivity index (χ4v) is 3.18. The summed E-state index contributed by atoms with van der Waals surface area (Å²) >= 11 is 0. The Morgan fingerprint density at radius 1 is 1.23 bits per heavy atom. The van der Waals surface area contributed by atoms with E-state index in [1.165, 1.54) is 31.4 Å². The summed E-state index contributed by atoms with van der Waals surface area (Å²) in [6.07, 6.45) is 0. The quantitative estimate of drug-likeness (QED) is 0.864. The number of methoxy groups -OCH3 is 1. The van der Waals surface area contributed by atoms with Gasteiger partial charge in [0, 0.05) is 7.05 Å². The molecule has 22 heavy (non-hydrogen) atoms. The van der Waals surface area contributed by atoms with Gasteiger partial charge in [-0.3, -0.25) is 9.40 Å². The third kappa shape index (κ3) is 2.96. The number of aryl methyl sites for hydroxylation is 2. The van der Waals surface area contributed by atoms with Crippen molar-refractivity contribution >= 4 is 21.7 Å². The van der Waals surface area contributed by atoms with Crippen molar-refractivity contribution in [1.82, 2.24) is 9.78 Å². The monoisotopic (exact) mass is 323 g/mol. The number of aromatic nitrogens is 2. The standard InChI is InChI=1S/C14H17N3O4S/c1-9-13(10(2)17(3)15-9)16-22(19,20)12-7-5-11(6-8-12)14(18)21-4/h5-8,16H,1-4H3. The highest BCUT2D eigenvalue weighted by molar-refractivity contribution is 7.92. The minimum Gasteiger partial charge on any atom is -0.465 e. The number of ether oxygens (including phenoxy) is 1. The summed E-state index contributed by atoms with van der Waals surface area (Å²) in [5.41, 5.74) is 2.05. The van der Waals surface area contributed by atoms with Gasteiger partial charge >= 0.3 is 5.97 Å². The molecule has 0 radical (unpaired) electrons. The van der Waals surface area contributed by atoms with Crippen LogP contribution in [0.3, 0.4) is 0 Å². The Kier molecular flexibility index (Phi) is 4.23. The Morgan fingerprint density at radius 2 is 1.82 bits per heavy atom. The predicted octanol–water partition coefficient (Wildman–Crippen LogP) is 1.62. The Hall–Kier alpha value is -2.35. The smallest absolute Gasteiger partial charge is 0.337 e. The van der Waals surface area contributed by atoms with Gasteiger partial charge in [-0.15, -0.1) is 0 Å². The van der Waals surface area contributed by atoms with E-state index in [4.69, 9.17) is 0 Å². The minimum absolute atomic E-state index is 0.0582. The highest BCUT2D eigenvalue weighted by Gasteiger charge is 2.19. The van der Waals surface area contributed by atoms with Crippen molar-refractivity contribution < 1.29 is 17.9 Å². The van der Waals surface area contributed by atoms with Crippen LogP contribution in [0.15, 0.2) is 29.2 Å². The average Bonchev–Trinajstić information content (AvgIpc) is 2.73. The van der Waals surface area contributed by atoms with Gasteiger partial charge in [-0.2, -0.15) is 5.10 Å². The fraction of sp³-hybridized carbons (Fsp3) is 0.286. The molecule has 0 aliphatic rings. The number of benzene rings is 1. The number of hydrogen-bond acceptors (Lipinski definition) is 5. The maximum atomic E-state index is 12.4. The highest BCUT2D eigenvalue weighted by atomic mass is 32.2. The molecule has 0 unspecified atom stereocenters. The SMILES string of the molecule is COC(=O)c1ccc(S(=O)(=O)Nc2c(C)nn(C)c2C)cc1. The van der Waals surface area contributed by atoms with E-state index in [1.54, 1.807) is 25.6 Å². The molecule has 0 aliphatic heterocycles. The lowest BCUT2D eigenvalue weighted by molar-refractivity contribution is 0.0600. The van der Waals surface area contributed by atoms with Crippen molar-refractivity contribution in [2.75, 3.05) is 11.8 Å². The average molecular weight is 323 g/mol. The van der Waals surface area contributed by atoms with Gasteiger partial charge in [0.1, 0.15) is 0 Å². The largest absolute Gasteiger partial charge is 0.465 e. The molecule has 1 aromatic carbocycles. The molecule has 8 heteroatoms. The number of carbonyl (C=O) groups excluding carboxylic acids is 1. The molecule has 1 heterocycles. The van der Waals surface area contributed by atoms with Crippen LogP contribution in [0.2, 0.25) is 0 Å². The summed E-state index contributed by atoms with van der Waals surface area (Å²) in [7, 11) is -0.742. The summed E-state index contributed by atoms with van der Waals surface area (Å²) in [5, 5.41) is 4.17. The normalized spacial score (nSPS) is 11.3. The lowest BCUT2D eigenvalue weighted by Crippen LogP contribution is -2.14. The first-order valence-electron chi connectivity index (χ1n) is 6.47. The number of sulfonamides is 1. The molecular weight excluding hydrogens is 306 g/mol. The van der Waals surface area contributed by atoms with E-state index in [-0.39, 0.29) is 10.5 Å². The topological polar surface area (TPSA) is 90.3 Å². The molecule has 0 atom stereocenters. The summed E-state index contributed by atoms with van der Waals surface area (Å²) in [6, 6.07) is 5.53. The van der Waals surface area contributed by atoms with E-state index < -0.39 is 16.0 Å². The van der Waals surface area contributed by atoms with E-state index in [0.29, 0.717) is 17.1 Å². The van der Waals surface area contributed by atoms with Crippen LogP contribution in [0.1, 0.15) is 21.7 Å². The molecule has 0 fully saturated rings. The van der Waals surface area contributed by atoms with Crippen molar-refractivity contribution in [2.24, 2.45) is 7.05 Å². The van der Waals surface area contributed by atoms with Crippen LogP contribution in [0.5, 0.6) is 0 Å². The van der Waals surface area contributed by atoms with Crippen molar-refractivity contribution in [3.8, 4) is 0 Å². The van der Waals surface area contributed by atoms with Gasteiger partial charge in [0.15, 0.2) is 0 Å². The first-order valence-corrected chi connectivity index (χ1v) is 7.96. The number of hydrogen-bond donors (Lipinski definition) is 1. The molecule has 2 aromatic rings. The molecule has 1 N–H and O–H groups in total. The summed E-state index contributed by atoms with van der Waals surface area (Å²) in [6.45, 7) is 3.50. The van der Waals surface area contributed by atoms with Crippen LogP contribution in [-0.2, 0) is 21.8 Å². The molecule has 118 valence electrons. The second-order valence-corrected chi connectivity index (χ2v) is 6.47. The van der Waals surface area contributed by atoms with Gasteiger partial charge in [0.25, 0.3) is 10.0 Å². The van der Waals surface area contributed by atoms with Crippen LogP contribution in [0.25, 0.3) is 0 Å². The maximum absolute atomic E-state index is 12.4. The lowest BCUT2D eigenvalue weighted by atomic mass is 10.2. The Bertz CT molecular complexity index is 807. The summed E-state index contributed by atoms with van der Waals surface area (Å²) in [4.78, 5) is 11.4. The second kappa shape index (κ2) is 5.80. The number of nitrogens with zero attached hydrogens (tertiary/aromatic N) is 2. The number of anilines is 1. The molecule has 2 rings (SSSR count). The van der Waals surface area contributed by atoms with Crippen molar-refractivity contribution in [3.63, 3.8) is 0 Å².